The predicted octanol–water partition coefficient (Wildman–Crippen LogP) is 1.32. The predicted molar refractivity (Wildman–Crippen MR) is 61.0 cm³/mol. The molecule has 0 saturated carbocycles. The maximum atomic E-state index is 11.7. The van der Waals surface area contributed by atoms with E-state index >= 15 is 0 Å². The first-order valence-corrected chi connectivity index (χ1v) is 5.39. The van der Waals surface area contributed by atoms with E-state index in [1.54, 1.807) is 13.8 Å². The number of rotatable bonds is 7. The minimum absolute atomic E-state index is 0.0556. The van der Waals surface area contributed by atoms with Gasteiger partial charge in [-0.2, -0.15) is 5.26 Å². The molecule has 1 unspecified atom stereocenters. The molecule has 0 amide bonds. The van der Waals surface area contributed by atoms with Crippen molar-refractivity contribution < 1.29 is 19.1 Å². The zero-order valence-corrected chi connectivity index (χ0v) is 10.8. The average molecular weight is 241 g/mol. The van der Waals surface area contributed by atoms with Crippen molar-refractivity contribution >= 4 is 11.8 Å². The lowest BCUT2D eigenvalue weighted by molar-refractivity contribution is -0.151. The highest BCUT2D eigenvalue weighted by atomic mass is 16.6. The van der Waals surface area contributed by atoms with Gasteiger partial charge in [-0.15, -0.1) is 0 Å². The number of nitriles is 1. The lowest BCUT2D eigenvalue weighted by atomic mass is 9.76. The number of esters is 1. The Kier molecular flexibility index (Phi) is 6.44. The van der Waals surface area contributed by atoms with Crippen molar-refractivity contribution in [3.8, 4) is 6.07 Å². The smallest absolute Gasteiger partial charge is 0.323 e. The van der Waals surface area contributed by atoms with Crippen molar-refractivity contribution in [3.63, 3.8) is 0 Å². The van der Waals surface area contributed by atoms with Crippen LogP contribution in [0.2, 0.25) is 0 Å². The fraction of sp³-hybridized carbons (Fsp3) is 0.750. The fourth-order valence-corrected chi connectivity index (χ4v) is 1.60. The van der Waals surface area contributed by atoms with Gasteiger partial charge in [-0.3, -0.25) is 4.79 Å². The van der Waals surface area contributed by atoms with E-state index in [0.29, 0.717) is 0 Å². The van der Waals surface area contributed by atoms with Gasteiger partial charge in [0, 0.05) is 13.5 Å². The number of carbonyl (C=O) groups excluding carboxylic acids is 2. The number of hydrogen-bond donors (Lipinski definition) is 0. The molecule has 0 bridgehead atoms. The minimum atomic E-state index is -0.941. The topological polar surface area (TPSA) is 76.4 Å². The van der Waals surface area contributed by atoms with Crippen molar-refractivity contribution in [2.75, 3.05) is 20.3 Å². The van der Waals surface area contributed by atoms with Crippen LogP contribution >= 0.6 is 0 Å². The van der Waals surface area contributed by atoms with Gasteiger partial charge in [-0.1, -0.05) is 13.8 Å². The molecule has 0 aromatic carbocycles. The van der Waals surface area contributed by atoms with Gasteiger partial charge in [0.15, 0.2) is 0 Å². The highest BCUT2D eigenvalue weighted by Crippen LogP contribution is 2.31. The first-order chi connectivity index (χ1) is 7.85. The van der Waals surface area contributed by atoms with Crippen LogP contribution in [0.3, 0.4) is 0 Å². The molecule has 0 aliphatic rings. The Morgan fingerprint density at radius 1 is 1.35 bits per heavy atom. The summed E-state index contributed by atoms with van der Waals surface area (Å²) in [7, 11) is 1.50. The highest BCUT2D eigenvalue weighted by Gasteiger charge is 2.37. The maximum absolute atomic E-state index is 11.7. The van der Waals surface area contributed by atoms with Gasteiger partial charge in [-0.25, -0.2) is 0 Å². The summed E-state index contributed by atoms with van der Waals surface area (Å²) in [5.41, 5.74) is -0.718. The Balaban J connectivity index is 4.55. The number of ketones is 1. The summed E-state index contributed by atoms with van der Waals surface area (Å²) in [4.78, 5) is 22.7. The van der Waals surface area contributed by atoms with E-state index in [1.165, 1.54) is 14.0 Å². The van der Waals surface area contributed by atoms with Gasteiger partial charge in [0.05, 0.1) is 12.7 Å². The molecular formula is C12H19NO4. The zero-order valence-electron chi connectivity index (χ0n) is 10.8. The first-order valence-electron chi connectivity index (χ1n) is 5.39. The summed E-state index contributed by atoms with van der Waals surface area (Å²) >= 11 is 0. The number of carbonyl (C=O) groups is 2. The molecule has 0 saturated heterocycles. The second-order valence-electron chi connectivity index (χ2n) is 4.59. The molecule has 0 spiro atoms. The van der Waals surface area contributed by atoms with E-state index in [1.807, 2.05) is 6.07 Å². The van der Waals surface area contributed by atoms with Crippen LogP contribution in [0.15, 0.2) is 0 Å². The molecule has 0 fully saturated rings. The summed E-state index contributed by atoms with van der Waals surface area (Å²) < 4.78 is 9.65. The Labute approximate surface area is 102 Å². The van der Waals surface area contributed by atoms with E-state index in [0.717, 1.165) is 0 Å². The Hall–Kier alpha value is -1.41. The van der Waals surface area contributed by atoms with Gasteiger partial charge >= 0.3 is 5.97 Å². The maximum Gasteiger partial charge on any atom is 0.323 e. The Morgan fingerprint density at radius 2 is 1.94 bits per heavy atom. The molecule has 0 N–H and O–H groups in total. The number of methoxy groups -OCH3 is 1. The molecule has 5 heteroatoms. The summed E-state index contributed by atoms with van der Waals surface area (Å²) in [6, 6.07) is 1.91. The molecule has 0 rings (SSSR count). The Morgan fingerprint density at radius 3 is 2.35 bits per heavy atom. The molecule has 0 aromatic rings. The van der Waals surface area contributed by atoms with Crippen LogP contribution in [0.5, 0.6) is 0 Å². The molecule has 5 nitrogen and oxygen atoms in total. The molecule has 1 atom stereocenters. The van der Waals surface area contributed by atoms with Crippen molar-refractivity contribution in [3.05, 3.63) is 0 Å². The van der Waals surface area contributed by atoms with E-state index < -0.39 is 17.3 Å². The standard InChI is InChI=1S/C12H19NO4/c1-9(14)7-12(2,3)10(8-13)11(15)17-6-5-16-4/h10H,5-7H2,1-4H3. The van der Waals surface area contributed by atoms with Crippen LogP contribution in [0.4, 0.5) is 0 Å². The van der Waals surface area contributed by atoms with Gasteiger partial charge in [0.2, 0.25) is 0 Å². The number of Topliss-reactive ketones (excluding diaryl/α,β-unsaturated/α-hetero) is 1. The molecule has 0 aliphatic heterocycles. The van der Waals surface area contributed by atoms with Crippen LogP contribution in [0.25, 0.3) is 0 Å². The van der Waals surface area contributed by atoms with E-state index in [4.69, 9.17) is 14.7 Å². The number of ether oxygens (including phenoxy) is 2. The van der Waals surface area contributed by atoms with Crippen molar-refractivity contribution in [2.24, 2.45) is 11.3 Å². The molecule has 0 heterocycles. The summed E-state index contributed by atoms with van der Waals surface area (Å²) in [6.07, 6.45) is 0.171. The zero-order chi connectivity index (χ0) is 13.5. The number of nitrogens with zero attached hydrogens (tertiary/aromatic N) is 1. The summed E-state index contributed by atoms with van der Waals surface area (Å²) in [6.45, 7) is 5.26. The summed E-state index contributed by atoms with van der Waals surface area (Å²) in [5.74, 6) is -1.60. The third-order valence-electron chi connectivity index (χ3n) is 2.38. The van der Waals surface area contributed by atoms with Crippen LogP contribution in [0.1, 0.15) is 27.2 Å². The monoisotopic (exact) mass is 241 g/mol. The third kappa shape index (κ3) is 5.45. The number of hydrogen-bond acceptors (Lipinski definition) is 5. The van der Waals surface area contributed by atoms with Crippen molar-refractivity contribution in [1.82, 2.24) is 0 Å². The van der Waals surface area contributed by atoms with Gasteiger partial charge in [0.25, 0.3) is 0 Å². The van der Waals surface area contributed by atoms with Crippen LogP contribution in [-0.2, 0) is 19.1 Å². The molecule has 0 aromatic heterocycles. The quantitative estimate of drug-likeness (QED) is 0.496. The van der Waals surface area contributed by atoms with Crippen molar-refractivity contribution in [1.29, 1.82) is 5.26 Å². The normalized spacial score (nSPS) is 12.6. The highest BCUT2D eigenvalue weighted by molar-refractivity contribution is 5.80. The van der Waals surface area contributed by atoms with Crippen LogP contribution in [0, 0.1) is 22.7 Å². The molecule has 17 heavy (non-hydrogen) atoms. The van der Waals surface area contributed by atoms with Gasteiger partial charge in [0.1, 0.15) is 18.3 Å². The second kappa shape index (κ2) is 7.02. The molecule has 0 aliphatic carbocycles. The fourth-order valence-electron chi connectivity index (χ4n) is 1.60. The SMILES string of the molecule is COCCOC(=O)C(C#N)C(C)(C)CC(C)=O. The molecule has 0 radical (unpaired) electrons. The van der Waals surface area contributed by atoms with Crippen molar-refractivity contribution in [2.45, 2.75) is 27.2 Å². The third-order valence-corrected chi connectivity index (χ3v) is 2.38. The Bertz CT molecular complexity index is 317. The van der Waals surface area contributed by atoms with Crippen LogP contribution < -0.4 is 0 Å². The lowest BCUT2D eigenvalue weighted by Gasteiger charge is -2.26. The molecule has 96 valence electrons. The van der Waals surface area contributed by atoms with E-state index in [-0.39, 0.29) is 25.4 Å². The van der Waals surface area contributed by atoms with Gasteiger partial charge in [-0.05, 0) is 12.3 Å². The lowest BCUT2D eigenvalue weighted by Crippen LogP contribution is -2.33. The van der Waals surface area contributed by atoms with Gasteiger partial charge < -0.3 is 14.3 Å². The first kappa shape index (κ1) is 15.6. The molecular weight excluding hydrogens is 222 g/mol. The van der Waals surface area contributed by atoms with E-state index in [9.17, 15) is 9.59 Å². The van der Waals surface area contributed by atoms with E-state index in [2.05, 4.69) is 0 Å². The second-order valence-corrected chi connectivity index (χ2v) is 4.59. The minimum Gasteiger partial charge on any atom is -0.462 e. The summed E-state index contributed by atoms with van der Waals surface area (Å²) in [5, 5.41) is 9.01. The average Bonchev–Trinajstić information content (AvgIpc) is 2.16. The largest absolute Gasteiger partial charge is 0.462 e. The van der Waals surface area contributed by atoms with Crippen LogP contribution in [-0.4, -0.2) is 32.1 Å².